The summed E-state index contributed by atoms with van der Waals surface area (Å²) in [5.41, 5.74) is 6.53. The third-order valence-corrected chi connectivity index (χ3v) is 5.59. The second-order valence-electron chi connectivity index (χ2n) is 9.35. The van der Waals surface area contributed by atoms with Gasteiger partial charge in [-0.2, -0.15) is 0 Å². The molecule has 0 aliphatic heterocycles. The zero-order valence-electron chi connectivity index (χ0n) is 23.7. The minimum Gasteiger partial charge on any atom is -0.461 e. The van der Waals surface area contributed by atoms with Crippen molar-refractivity contribution >= 4 is 24.2 Å². The molecule has 1 unspecified atom stereocenters. The standard InChI is InChI=1S/C28H43NO10/c1-6-9-13-34-27(32)38-23-12-11-21(17-24(23)39-28(33)35-14-10-7-2)16-22(29)26(31)36-18-20(5)37-25(30)15-19(4)8-3/h11-12,17,19-20,22H,6-10,13-16,18,29H2,1-5H3/t19?,20-,22-/m0/s1. The molecule has 0 bridgehead atoms. The number of unbranched alkanes of at least 4 members (excludes halogenated alkanes) is 2. The van der Waals surface area contributed by atoms with Gasteiger partial charge in [-0.15, -0.1) is 0 Å². The monoisotopic (exact) mass is 553 g/mol. The van der Waals surface area contributed by atoms with Crippen molar-refractivity contribution in [3.8, 4) is 11.5 Å². The van der Waals surface area contributed by atoms with Crippen LogP contribution in [0.25, 0.3) is 0 Å². The van der Waals surface area contributed by atoms with Gasteiger partial charge in [-0.3, -0.25) is 9.59 Å². The maximum Gasteiger partial charge on any atom is 0.513 e. The number of hydrogen-bond acceptors (Lipinski definition) is 11. The molecular formula is C28H43NO10. The Labute approximate surface area is 230 Å². The van der Waals surface area contributed by atoms with E-state index in [-0.39, 0.29) is 49.6 Å². The molecule has 0 heterocycles. The van der Waals surface area contributed by atoms with Crippen LogP contribution >= 0.6 is 0 Å². The number of esters is 2. The Hall–Kier alpha value is -3.34. The molecule has 1 rings (SSSR count). The maximum atomic E-state index is 12.4. The molecule has 0 fully saturated rings. The summed E-state index contributed by atoms with van der Waals surface area (Å²) in [7, 11) is 0. The summed E-state index contributed by atoms with van der Waals surface area (Å²) in [6.45, 7) is 9.70. The Morgan fingerprint density at radius 3 is 2.00 bits per heavy atom. The zero-order valence-corrected chi connectivity index (χ0v) is 23.7. The lowest BCUT2D eigenvalue weighted by Gasteiger charge is -2.17. The van der Waals surface area contributed by atoms with Gasteiger partial charge >= 0.3 is 24.2 Å². The van der Waals surface area contributed by atoms with Crippen LogP contribution in [-0.4, -0.2) is 56.2 Å². The van der Waals surface area contributed by atoms with E-state index >= 15 is 0 Å². The summed E-state index contributed by atoms with van der Waals surface area (Å²) in [5.74, 6) is -0.993. The number of nitrogens with two attached hydrogens (primary N) is 1. The minimum absolute atomic E-state index is 0.0312. The first-order chi connectivity index (χ1) is 18.6. The highest BCUT2D eigenvalue weighted by molar-refractivity contribution is 5.76. The molecule has 2 N–H and O–H groups in total. The first-order valence-electron chi connectivity index (χ1n) is 13.5. The van der Waals surface area contributed by atoms with Crippen LogP contribution in [0.2, 0.25) is 0 Å². The first kappa shape index (κ1) is 33.7. The smallest absolute Gasteiger partial charge is 0.461 e. The maximum absolute atomic E-state index is 12.4. The molecule has 1 aromatic rings. The van der Waals surface area contributed by atoms with Crippen molar-refractivity contribution in [3.63, 3.8) is 0 Å². The van der Waals surface area contributed by atoms with E-state index in [1.54, 1.807) is 13.0 Å². The SMILES string of the molecule is CCCCOC(=O)Oc1ccc(C[C@H](N)C(=O)OC[C@H](C)OC(=O)CC(C)CC)cc1OC(=O)OCCCC. The Morgan fingerprint density at radius 1 is 0.846 bits per heavy atom. The van der Waals surface area contributed by atoms with Gasteiger partial charge in [0, 0.05) is 6.42 Å². The van der Waals surface area contributed by atoms with E-state index < -0.39 is 30.4 Å². The lowest BCUT2D eigenvalue weighted by molar-refractivity contribution is -0.159. The molecule has 0 saturated carbocycles. The summed E-state index contributed by atoms with van der Waals surface area (Å²) >= 11 is 0. The molecule has 1 aromatic carbocycles. The van der Waals surface area contributed by atoms with Crippen LogP contribution in [0, 0.1) is 5.92 Å². The van der Waals surface area contributed by atoms with Gasteiger partial charge in [-0.25, -0.2) is 9.59 Å². The molecule has 0 aliphatic carbocycles. The van der Waals surface area contributed by atoms with Gasteiger partial charge in [0.05, 0.1) is 13.2 Å². The van der Waals surface area contributed by atoms with E-state index in [9.17, 15) is 19.2 Å². The highest BCUT2D eigenvalue weighted by atomic mass is 16.7. The number of benzene rings is 1. The van der Waals surface area contributed by atoms with Gasteiger partial charge in [-0.05, 0) is 49.8 Å². The molecule has 0 radical (unpaired) electrons. The minimum atomic E-state index is -1.05. The second kappa shape index (κ2) is 18.8. The summed E-state index contributed by atoms with van der Waals surface area (Å²) in [6.07, 6.45) is 1.65. The van der Waals surface area contributed by atoms with E-state index in [2.05, 4.69) is 0 Å². The number of carbonyl (C=O) groups is 4. The van der Waals surface area contributed by atoms with E-state index in [1.807, 2.05) is 27.7 Å². The highest BCUT2D eigenvalue weighted by Gasteiger charge is 2.21. The fraction of sp³-hybridized carbons (Fsp3) is 0.643. The Bertz CT molecular complexity index is 920. The van der Waals surface area contributed by atoms with Gasteiger partial charge < -0.3 is 34.2 Å². The van der Waals surface area contributed by atoms with Crippen LogP contribution in [0.4, 0.5) is 9.59 Å². The zero-order chi connectivity index (χ0) is 29.2. The van der Waals surface area contributed by atoms with E-state index in [0.29, 0.717) is 24.8 Å². The van der Waals surface area contributed by atoms with Gasteiger partial charge in [0.15, 0.2) is 11.5 Å². The van der Waals surface area contributed by atoms with Crippen LogP contribution in [0.15, 0.2) is 18.2 Å². The fourth-order valence-electron chi connectivity index (χ4n) is 3.06. The lowest BCUT2D eigenvalue weighted by atomic mass is 10.1. The van der Waals surface area contributed by atoms with E-state index in [0.717, 1.165) is 19.3 Å². The third kappa shape index (κ3) is 14.4. The van der Waals surface area contributed by atoms with Crippen molar-refractivity contribution in [1.29, 1.82) is 0 Å². The van der Waals surface area contributed by atoms with Gasteiger partial charge in [0.1, 0.15) is 18.8 Å². The average Bonchev–Trinajstić information content (AvgIpc) is 2.88. The van der Waals surface area contributed by atoms with Crippen molar-refractivity contribution in [2.45, 2.75) is 91.7 Å². The number of hydrogen-bond donors (Lipinski definition) is 1. The lowest BCUT2D eigenvalue weighted by Crippen LogP contribution is -2.36. The first-order valence-corrected chi connectivity index (χ1v) is 13.5. The van der Waals surface area contributed by atoms with Crippen molar-refractivity contribution < 1.29 is 47.6 Å². The topological polar surface area (TPSA) is 150 Å². The Morgan fingerprint density at radius 2 is 1.44 bits per heavy atom. The molecule has 0 aromatic heterocycles. The van der Waals surface area contributed by atoms with Crippen LogP contribution in [0.3, 0.4) is 0 Å². The largest absolute Gasteiger partial charge is 0.513 e. The molecule has 0 amide bonds. The number of carbonyl (C=O) groups excluding carboxylic acids is 4. The molecule has 0 aliphatic rings. The quantitative estimate of drug-likeness (QED) is 0.119. The normalized spacial score (nSPS) is 13.0. The predicted octanol–water partition coefficient (Wildman–Crippen LogP) is 5.10. The fourth-order valence-corrected chi connectivity index (χ4v) is 3.06. The third-order valence-electron chi connectivity index (χ3n) is 5.59. The van der Waals surface area contributed by atoms with Crippen LogP contribution in [0.5, 0.6) is 11.5 Å². The predicted molar refractivity (Wildman–Crippen MR) is 142 cm³/mol. The van der Waals surface area contributed by atoms with Crippen LogP contribution < -0.4 is 15.2 Å². The van der Waals surface area contributed by atoms with Crippen molar-refractivity contribution in [3.05, 3.63) is 23.8 Å². The average molecular weight is 554 g/mol. The molecule has 0 saturated heterocycles. The molecule has 11 nitrogen and oxygen atoms in total. The Kier molecular flexibility index (Phi) is 16.3. The van der Waals surface area contributed by atoms with Gasteiger partial charge in [0.25, 0.3) is 0 Å². The molecule has 220 valence electrons. The summed E-state index contributed by atoms with van der Waals surface area (Å²) in [4.78, 5) is 48.5. The summed E-state index contributed by atoms with van der Waals surface area (Å²) in [5, 5.41) is 0. The van der Waals surface area contributed by atoms with Crippen LogP contribution in [-0.2, 0) is 35.0 Å². The molecule has 39 heavy (non-hydrogen) atoms. The molecular weight excluding hydrogens is 510 g/mol. The van der Waals surface area contributed by atoms with E-state index in [1.165, 1.54) is 12.1 Å². The molecule has 11 heteroatoms. The second-order valence-corrected chi connectivity index (χ2v) is 9.35. The molecule has 0 spiro atoms. The van der Waals surface area contributed by atoms with Crippen molar-refractivity contribution in [2.24, 2.45) is 11.7 Å². The number of rotatable bonds is 17. The highest BCUT2D eigenvalue weighted by Crippen LogP contribution is 2.30. The Balaban J connectivity index is 2.80. The summed E-state index contributed by atoms with van der Waals surface area (Å²) < 4.78 is 31.0. The van der Waals surface area contributed by atoms with Crippen molar-refractivity contribution in [2.75, 3.05) is 19.8 Å². The molecule has 3 atom stereocenters. The van der Waals surface area contributed by atoms with Crippen LogP contribution in [0.1, 0.15) is 78.7 Å². The number of ether oxygens (including phenoxy) is 6. The van der Waals surface area contributed by atoms with Gasteiger partial charge in [-0.1, -0.05) is 53.0 Å². The van der Waals surface area contributed by atoms with Crippen molar-refractivity contribution in [1.82, 2.24) is 0 Å². The van der Waals surface area contributed by atoms with E-state index in [4.69, 9.17) is 34.2 Å². The summed E-state index contributed by atoms with van der Waals surface area (Å²) in [6, 6.07) is 3.34. The van der Waals surface area contributed by atoms with Gasteiger partial charge in [0.2, 0.25) is 0 Å².